The van der Waals surface area contributed by atoms with Gasteiger partial charge in [0.15, 0.2) is 0 Å². The molecule has 1 aromatic carbocycles. The fraction of sp³-hybridized carbons (Fsp3) is 0.353. The van der Waals surface area contributed by atoms with Crippen LogP contribution in [0.5, 0.6) is 5.75 Å². The molecule has 0 radical (unpaired) electrons. The Morgan fingerprint density at radius 3 is 2.62 bits per heavy atom. The van der Waals surface area contributed by atoms with Crippen molar-refractivity contribution in [2.45, 2.75) is 27.0 Å². The summed E-state index contributed by atoms with van der Waals surface area (Å²) in [7, 11) is 0. The highest BCUT2D eigenvalue weighted by molar-refractivity contribution is 6.32. The SMILES string of the molecule is CC(C)CNCc1cccc(COc2ccccc2Cl)n1. The number of pyridine rings is 1. The van der Waals surface area contributed by atoms with Gasteiger partial charge in [-0.05, 0) is 36.7 Å². The number of nitrogens with zero attached hydrogens (tertiary/aromatic N) is 1. The number of para-hydroxylation sites is 1. The monoisotopic (exact) mass is 304 g/mol. The van der Waals surface area contributed by atoms with E-state index in [1.165, 1.54) is 0 Å². The van der Waals surface area contributed by atoms with Crippen molar-refractivity contribution < 1.29 is 4.74 Å². The van der Waals surface area contributed by atoms with Crippen molar-refractivity contribution in [3.8, 4) is 5.75 Å². The highest BCUT2D eigenvalue weighted by Gasteiger charge is 2.03. The van der Waals surface area contributed by atoms with Crippen LogP contribution in [0.3, 0.4) is 0 Å². The topological polar surface area (TPSA) is 34.1 Å². The van der Waals surface area contributed by atoms with E-state index in [4.69, 9.17) is 16.3 Å². The number of halogens is 1. The van der Waals surface area contributed by atoms with Crippen LogP contribution in [0, 0.1) is 5.92 Å². The minimum atomic E-state index is 0.418. The molecule has 112 valence electrons. The number of rotatable bonds is 7. The first-order valence-corrected chi connectivity index (χ1v) is 7.56. The van der Waals surface area contributed by atoms with Crippen molar-refractivity contribution in [3.63, 3.8) is 0 Å². The van der Waals surface area contributed by atoms with Crippen molar-refractivity contribution in [3.05, 3.63) is 58.9 Å². The number of nitrogens with one attached hydrogen (secondary N) is 1. The van der Waals surface area contributed by atoms with Gasteiger partial charge in [0.1, 0.15) is 12.4 Å². The predicted molar refractivity (Wildman–Crippen MR) is 86.6 cm³/mol. The van der Waals surface area contributed by atoms with E-state index in [0.29, 0.717) is 23.3 Å². The maximum Gasteiger partial charge on any atom is 0.138 e. The Hall–Kier alpha value is -1.58. The van der Waals surface area contributed by atoms with Gasteiger partial charge in [-0.25, -0.2) is 0 Å². The van der Waals surface area contributed by atoms with Crippen LogP contribution in [0.15, 0.2) is 42.5 Å². The van der Waals surface area contributed by atoms with Crippen molar-refractivity contribution >= 4 is 11.6 Å². The first-order chi connectivity index (χ1) is 10.1. The van der Waals surface area contributed by atoms with Crippen LogP contribution in [-0.4, -0.2) is 11.5 Å². The summed E-state index contributed by atoms with van der Waals surface area (Å²) < 4.78 is 5.71. The highest BCUT2D eigenvalue weighted by atomic mass is 35.5. The fourth-order valence-corrected chi connectivity index (χ4v) is 2.10. The average Bonchev–Trinajstić information content (AvgIpc) is 2.46. The zero-order valence-electron chi connectivity index (χ0n) is 12.5. The Morgan fingerprint density at radius 2 is 1.86 bits per heavy atom. The minimum absolute atomic E-state index is 0.418. The lowest BCUT2D eigenvalue weighted by Crippen LogP contribution is -2.19. The van der Waals surface area contributed by atoms with E-state index in [0.717, 1.165) is 24.5 Å². The van der Waals surface area contributed by atoms with Crippen molar-refractivity contribution in [1.82, 2.24) is 10.3 Å². The summed E-state index contributed by atoms with van der Waals surface area (Å²) in [6, 6.07) is 13.4. The molecule has 0 saturated heterocycles. The third kappa shape index (κ3) is 5.37. The number of hydrogen-bond donors (Lipinski definition) is 1. The van der Waals surface area contributed by atoms with Crippen molar-refractivity contribution in [2.24, 2.45) is 5.92 Å². The van der Waals surface area contributed by atoms with Gasteiger partial charge in [0.25, 0.3) is 0 Å². The Labute approximate surface area is 131 Å². The average molecular weight is 305 g/mol. The molecule has 2 aromatic rings. The molecule has 2 rings (SSSR count). The van der Waals surface area contributed by atoms with Crippen LogP contribution >= 0.6 is 11.6 Å². The van der Waals surface area contributed by atoms with Crippen LogP contribution in [0.4, 0.5) is 0 Å². The predicted octanol–water partition coefficient (Wildman–Crippen LogP) is 4.06. The largest absolute Gasteiger partial charge is 0.486 e. The summed E-state index contributed by atoms with van der Waals surface area (Å²) in [5.41, 5.74) is 1.93. The molecule has 0 aliphatic rings. The number of benzene rings is 1. The van der Waals surface area contributed by atoms with Crippen LogP contribution in [0.2, 0.25) is 5.02 Å². The molecule has 0 atom stereocenters. The molecule has 21 heavy (non-hydrogen) atoms. The lowest BCUT2D eigenvalue weighted by molar-refractivity contribution is 0.301. The Morgan fingerprint density at radius 1 is 1.10 bits per heavy atom. The molecule has 0 fully saturated rings. The Bertz CT molecular complexity index is 572. The van der Waals surface area contributed by atoms with E-state index in [1.807, 2.05) is 42.5 Å². The molecule has 0 aliphatic carbocycles. The Kier molecular flexibility index (Phi) is 6.03. The molecule has 0 amide bonds. The normalized spacial score (nSPS) is 10.9. The molecule has 1 heterocycles. The molecule has 0 saturated carbocycles. The quantitative estimate of drug-likeness (QED) is 0.837. The van der Waals surface area contributed by atoms with Crippen LogP contribution in [0.25, 0.3) is 0 Å². The third-order valence-electron chi connectivity index (χ3n) is 2.94. The molecule has 0 bridgehead atoms. The first kappa shape index (κ1) is 15.8. The molecular formula is C17H21ClN2O. The molecule has 3 nitrogen and oxygen atoms in total. The van der Waals surface area contributed by atoms with E-state index in [9.17, 15) is 0 Å². The number of hydrogen-bond acceptors (Lipinski definition) is 3. The van der Waals surface area contributed by atoms with Crippen molar-refractivity contribution in [2.75, 3.05) is 6.54 Å². The van der Waals surface area contributed by atoms with Gasteiger partial charge in [0.05, 0.1) is 16.4 Å². The standard InChI is InChI=1S/C17H21ClN2O/c1-13(2)10-19-11-14-6-5-7-15(20-14)12-21-17-9-4-3-8-16(17)18/h3-9,13,19H,10-12H2,1-2H3. The second kappa shape index (κ2) is 8.01. The lowest BCUT2D eigenvalue weighted by atomic mass is 10.2. The molecule has 0 spiro atoms. The van der Waals surface area contributed by atoms with Gasteiger partial charge in [-0.3, -0.25) is 4.98 Å². The van der Waals surface area contributed by atoms with E-state index >= 15 is 0 Å². The summed E-state index contributed by atoms with van der Waals surface area (Å²) in [4.78, 5) is 4.58. The number of aromatic nitrogens is 1. The van der Waals surface area contributed by atoms with E-state index in [2.05, 4.69) is 24.1 Å². The summed E-state index contributed by atoms with van der Waals surface area (Å²) >= 11 is 6.06. The minimum Gasteiger partial charge on any atom is -0.486 e. The smallest absolute Gasteiger partial charge is 0.138 e. The summed E-state index contributed by atoms with van der Waals surface area (Å²) in [5.74, 6) is 1.32. The van der Waals surface area contributed by atoms with Crippen LogP contribution in [-0.2, 0) is 13.2 Å². The van der Waals surface area contributed by atoms with Crippen molar-refractivity contribution in [1.29, 1.82) is 0 Å². The summed E-state index contributed by atoms with van der Waals surface area (Å²) in [6.45, 7) is 6.56. The Balaban J connectivity index is 1.90. The van der Waals surface area contributed by atoms with E-state index in [1.54, 1.807) is 0 Å². The number of ether oxygens (including phenoxy) is 1. The van der Waals surface area contributed by atoms with Gasteiger partial charge in [0.2, 0.25) is 0 Å². The van der Waals surface area contributed by atoms with Gasteiger partial charge in [-0.15, -0.1) is 0 Å². The third-order valence-corrected chi connectivity index (χ3v) is 3.25. The molecule has 0 aliphatic heterocycles. The first-order valence-electron chi connectivity index (χ1n) is 7.18. The highest BCUT2D eigenvalue weighted by Crippen LogP contribution is 2.23. The van der Waals surface area contributed by atoms with E-state index in [-0.39, 0.29) is 0 Å². The van der Waals surface area contributed by atoms with Gasteiger partial charge >= 0.3 is 0 Å². The molecular weight excluding hydrogens is 284 g/mol. The maximum atomic E-state index is 6.06. The molecule has 1 N–H and O–H groups in total. The van der Waals surface area contributed by atoms with Crippen LogP contribution < -0.4 is 10.1 Å². The van der Waals surface area contributed by atoms with Gasteiger partial charge in [-0.1, -0.05) is 43.6 Å². The van der Waals surface area contributed by atoms with Gasteiger partial charge < -0.3 is 10.1 Å². The summed E-state index contributed by atoms with van der Waals surface area (Å²) in [5, 5.41) is 4.00. The van der Waals surface area contributed by atoms with E-state index < -0.39 is 0 Å². The zero-order chi connectivity index (χ0) is 15.1. The molecule has 4 heteroatoms. The fourth-order valence-electron chi connectivity index (χ4n) is 1.91. The zero-order valence-corrected chi connectivity index (χ0v) is 13.2. The summed E-state index contributed by atoms with van der Waals surface area (Å²) in [6.07, 6.45) is 0. The second-order valence-electron chi connectivity index (χ2n) is 5.36. The van der Waals surface area contributed by atoms with Gasteiger partial charge in [-0.2, -0.15) is 0 Å². The molecule has 0 unspecified atom stereocenters. The maximum absolute atomic E-state index is 6.06. The van der Waals surface area contributed by atoms with Gasteiger partial charge in [0, 0.05) is 6.54 Å². The lowest BCUT2D eigenvalue weighted by Gasteiger charge is -2.10. The molecule has 1 aromatic heterocycles. The van der Waals surface area contributed by atoms with Crippen LogP contribution in [0.1, 0.15) is 25.2 Å². The second-order valence-corrected chi connectivity index (χ2v) is 5.77.